The Morgan fingerprint density at radius 2 is 1.35 bits per heavy atom. The summed E-state index contributed by atoms with van der Waals surface area (Å²) in [6.07, 6.45) is 12.8. The van der Waals surface area contributed by atoms with Crippen LogP contribution in [0.1, 0.15) is 107 Å². The van der Waals surface area contributed by atoms with E-state index in [-0.39, 0.29) is 5.92 Å². The summed E-state index contributed by atoms with van der Waals surface area (Å²) < 4.78 is 50.5. The second-order valence-electron chi connectivity index (χ2n) is 11.7. The van der Waals surface area contributed by atoms with E-state index in [1.165, 1.54) is 68.9 Å². The number of hydrogen-bond donors (Lipinski definition) is 0. The van der Waals surface area contributed by atoms with Gasteiger partial charge in [-0.25, -0.2) is 4.39 Å². The smallest absolute Gasteiger partial charge is 0.202 e. The molecule has 0 atom stereocenters. The highest BCUT2D eigenvalue weighted by Gasteiger charge is 2.35. The fourth-order valence-corrected chi connectivity index (χ4v) is 6.95. The fourth-order valence-electron chi connectivity index (χ4n) is 6.95. The molecule has 1 aromatic rings. The van der Waals surface area contributed by atoms with E-state index >= 15 is 0 Å². The molecule has 3 aliphatic carbocycles. The van der Waals surface area contributed by atoms with Crippen LogP contribution in [0.25, 0.3) is 0 Å². The first kappa shape index (κ1) is 25.8. The second-order valence-corrected chi connectivity index (χ2v) is 11.7. The highest BCUT2D eigenvalue weighted by molar-refractivity contribution is 5.26. The normalized spacial score (nSPS) is 33.6. The molecule has 0 amide bonds. The van der Waals surface area contributed by atoms with Gasteiger partial charge in [0, 0.05) is 0 Å². The molecule has 0 radical (unpaired) electrons. The van der Waals surface area contributed by atoms with E-state index in [0.29, 0.717) is 18.8 Å². The summed E-state index contributed by atoms with van der Waals surface area (Å²) in [4.78, 5) is 0. The van der Waals surface area contributed by atoms with Crippen LogP contribution in [0.15, 0.2) is 36.2 Å². The van der Waals surface area contributed by atoms with Gasteiger partial charge in [0.1, 0.15) is 0 Å². The van der Waals surface area contributed by atoms with Crippen molar-refractivity contribution in [3.8, 4) is 0 Å². The predicted molar refractivity (Wildman–Crippen MR) is 131 cm³/mol. The van der Waals surface area contributed by atoms with Gasteiger partial charge in [0.25, 0.3) is 0 Å². The molecule has 0 aromatic heterocycles. The van der Waals surface area contributed by atoms with Crippen LogP contribution in [0, 0.1) is 29.6 Å². The second kappa shape index (κ2) is 11.6. The molecule has 4 rings (SSSR count). The van der Waals surface area contributed by atoms with Crippen LogP contribution < -0.4 is 0 Å². The van der Waals surface area contributed by atoms with Crippen LogP contribution >= 0.6 is 0 Å². The number of rotatable bonds is 6. The third-order valence-electron chi connectivity index (χ3n) is 9.34. The van der Waals surface area contributed by atoms with E-state index in [0.717, 1.165) is 49.0 Å². The van der Waals surface area contributed by atoms with Crippen LogP contribution in [0.2, 0.25) is 0 Å². The van der Waals surface area contributed by atoms with Crippen LogP contribution in [0.4, 0.5) is 17.6 Å². The van der Waals surface area contributed by atoms with E-state index < -0.39 is 12.0 Å². The van der Waals surface area contributed by atoms with Gasteiger partial charge in [-0.3, -0.25) is 0 Å². The van der Waals surface area contributed by atoms with Gasteiger partial charge in [-0.15, -0.1) is 0 Å². The zero-order valence-corrected chi connectivity index (χ0v) is 20.8. The quantitative estimate of drug-likeness (QED) is 0.357. The Balaban J connectivity index is 1.17. The lowest BCUT2D eigenvalue weighted by atomic mass is 9.69. The van der Waals surface area contributed by atoms with Crippen molar-refractivity contribution < 1.29 is 17.6 Å². The summed E-state index contributed by atoms with van der Waals surface area (Å²) in [6, 6.07) is 8.93. The molecule has 0 heterocycles. The van der Waals surface area contributed by atoms with Crippen molar-refractivity contribution >= 4 is 0 Å². The van der Waals surface area contributed by atoms with Crippen LogP contribution in [-0.4, -0.2) is 6.18 Å². The summed E-state index contributed by atoms with van der Waals surface area (Å²) in [5.41, 5.74) is 2.68. The SMILES string of the molecule is CC1CCC(C2CCC(CCc3ccc(C4CCC(C=C(F)C(F)(F)F)CC4)cc3)CC2)CC1. The fraction of sp³-hybridized carbons (Fsp3) is 0.733. The van der Waals surface area contributed by atoms with Crippen molar-refractivity contribution in [2.45, 2.75) is 109 Å². The molecule has 4 heteroatoms. The minimum atomic E-state index is -4.85. The van der Waals surface area contributed by atoms with Crippen LogP contribution in [0.5, 0.6) is 0 Å². The zero-order valence-electron chi connectivity index (χ0n) is 20.8. The number of hydrogen-bond acceptors (Lipinski definition) is 0. The summed E-state index contributed by atoms with van der Waals surface area (Å²) >= 11 is 0. The molecule has 0 aliphatic heterocycles. The minimum Gasteiger partial charge on any atom is -0.202 e. The maximum atomic E-state index is 13.2. The topological polar surface area (TPSA) is 0 Å². The first-order valence-electron chi connectivity index (χ1n) is 13.8. The lowest BCUT2D eigenvalue weighted by Crippen LogP contribution is -2.25. The zero-order chi connectivity index (χ0) is 24.1. The molecule has 34 heavy (non-hydrogen) atoms. The molecule has 3 aliphatic rings. The molecular weight excluding hydrogens is 436 g/mol. The minimum absolute atomic E-state index is 0.297. The molecule has 3 fully saturated rings. The Kier molecular flexibility index (Phi) is 8.80. The van der Waals surface area contributed by atoms with Gasteiger partial charge in [-0.2, -0.15) is 13.2 Å². The third kappa shape index (κ3) is 7.10. The molecule has 0 nitrogen and oxygen atoms in total. The standard InChI is InChI=1S/C30H42F4/c1-21-2-12-25(13-3-21)26-14-6-22(7-15-26)4-5-23-8-16-27(17-9-23)28-18-10-24(11-19-28)20-29(31)30(32,33)34/h8-9,16-17,20-22,24-26,28H,2-7,10-15,18-19H2,1H3. The summed E-state index contributed by atoms with van der Waals surface area (Å²) in [5.74, 6) is 1.95. The number of allylic oxidation sites excluding steroid dienone is 2. The van der Waals surface area contributed by atoms with Crippen LogP contribution in [-0.2, 0) is 6.42 Å². The van der Waals surface area contributed by atoms with Crippen molar-refractivity contribution in [2.75, 3.05) is 0 Å². The Morgan fingerprint density at radius 1 is 0.794 bits per heavy atom. The largest absolute Gasteiger partial charge is 0.442 e. The van der Waals surface area contributed by atoms with Gasteiger partial charge >= 0.3 is 6.18 Å². The van der Waals surface area contributed by atoms with Crippen molar-refractivity contribution in [3.05, 3.63) is 47.3 Å². The van der Waals surface area contributed by atoms with Crippen molar-refractivity contribution in [1.82, 2.24) is 0 Å². The van der Waals surface area contributed by atoms with Gasteiger partial charge in [0.2, 0.25) is 0 Å². The Morgan fingerprint density at radius 3 is 1.91 bits per heavy atom. The average Bonchev–Trinajstić information content (AvgIpc) is 2.84. The Bertz CT molecular complexity index is 769. The Hall–Kier alpha value is -1.32. The highest BCUT2D eigenvalue weighted by Crippen LogP contribution is 2.42. The Labute approximate surface area is 203 Å². The number of benzene rings is 1. The lowest BCUT2D eigenvalue weighted by molar-refractivity contribution is -0.109. The van der Waals surface area contributed by atoms with E-state index in [1.54, 1.807) is 0 Å². The van der Waals surface area contributed by atoms with Crippen molar-refractivity contribution in [3.63, 3.8) is 0 Å². The molecule has 0 saturated heterocycles. The molecule has 0 spiro atoms. The number of aryl methyl sites for hydroxylation is 1. The summed E-state index contributed by atoms with van der Waals surface area (Å²) in [6.45, 7) is 2.41. The maximum Gasteiger partial charge on any atom is 0.442 e. The van der Waals surface area contributed by atoms with Gasteiger partial charge in [0.15, 0.2) is 5.83 Å². The predicted octanol–water partition coefficient (Wildman–Crippen LogP) is 9.94. The molecular formula is C30H42F4. The first-order chi connectivity index (χ1) is 16.3. The lowest BCUT2D eigenvalue weighted by Gasteiger charge is -2.37. The molecule has 190 valence electrons. The molecule has 0 bridgehead atoms. The molecule has 0 unspecified atom stereocenters. The highest BCUT2D eigenvalue weighted by atomic mass is 19.4. The third-order valence-corrected chi connectivity index (χ3v) is 9.34. The molecule has 3 saturated carbocycles. The van der Waals surface area contributed by atoms with Gasteiger partial charge in [-0.05, 0) is 117 Å². The summed E-state index contributed by atoms with van der Waals surface area (Å²) in [7, 11) is 0. The van der Waals surface area contributed by atoms with E-state index in [9.17, 15) is 17.6 Å². The van der Waals surface area contributed by atoms with Gasteiger partial charge in [-0.1, -0.05) is 56.9 Å². The van der Waals surface area contributed by atoms with Crippen LogP contribution in [0.3, 0.4) is 0 Å². The monoisotopic (exact) mass is 478 g/mol. The van der Waals surface area contributed by atoms with Crippen molar-refractivity contribution in [1.29, 1.82) is 0 Å². The van der Waals surface area contributed by atoms with Crippen molar-refractivity contribution in [2.24, 2.45) is 29.6 Å². The number of alkyl halides is 3. The van der Waals surface area contributed by atoms with E-state index in [1.807, 2.05) is 0 Å². The molecule has 0 N–H and O–H groups in total. The van der Waals surface area contributed by atoms with Gasteiger partial charge in [0.05, 0.1) is 0 Å². The van der Waals surface area contributed by atoms with E-state index in [4.69, 9.17) is 0 Å². The number of halogens is 4. The average molecular weight is 479 g/mol. The van der Waals surface area contributed by atoms with E-state index in [2.05, 4.69) is 31.2 Å². The maximum absolute atomic E-state index is 13.2. The summed E-state index contributed by atoms with van der Waals surface area (Å²) in [5, 5.41) is 0. The first-order valence-corrected chi connectivity index (χ1v) is 13.8. The molecule has 1 aromatic carbocycles. The van der Waals surface area contributed by atoms with Gasteiger partial charge < -0.3 is 0 Å².